The molecule has 0 amide bonds. The van der Waals surface area contributed by atoms with E-state index in [-0.39, 0.29) is 35.4 Å². The van der Waals surface area contributed by atoms with Crippen molar-refractivity contribution in [1.82, 2.24) is 10.1 Å². The molecular weight excluding hydrogens is 452 g/mol. The molecule has 36 heavy (non-hydrogen) atoms. The van der Waals surface area contributed by atoms with Crippen LogP contribution in [0.4, 0.5) is 0 Å². The number of piperidine rings is 2. The molecule has 2 heterocycles. The summed E-state index contributed by atoms with van der Waals surface area (Å²) in [6.07, 6.45) is 3.86. The zero-order valence-electron chi connectivity index (χ0n) is 24.2. The van der Waals surface area contributed by atoms with E-state index < -0.39 is 0 Å². The van der Waals surface area contributed by atoms with Crippen molar-refractivity contribution < 1.29 is 19.5 Å². The van der Waals surface area contributed by atoms with Crippen molar-refractivity contribution in [2.45, 2.75) is 123 Å². The van der Waals surface area contributed by atoms with Gasteiger partial charge in [-0.3, -0.25) is 0 Å². The summed E-state index contributed by atoms with van der Waals surface area (Å²) in [7, 11) is 0. The molecule has 0 saturated carbocycles. The second-order valence-corrected chi connectivity index (χ2v) is 12.9. The van der Waals surface area contributed by atoms with E-state index in [0.29, 0.717) is 31.0 Å². The summed E-state index contributed by atoms with van der Waals surface area (Å²) >= 11 is 0. The number of nitrogens with zero attached hydrogens (tertiary/aromatic N) is 2. The molecule has 2 fully saturated rings. The highest BCUT2D eigenvalue weighted by molar-refractivity contribution is 5.21. The number of para-hydroxylation sites is 1. The van der Waals surface area contributed by atoms with Crippen molar-refractivity contribution in [2.75, 3.05) is 13.2 Å². The van der Waals surface area contributed by atoms with Crippen molar-refractivity contribution in [3.63, 3.8) is 0 Å². The van der Waals surface area contributed by atoms with Crippen molar-refractivity contribution in [2.24, 2.45) is 17.8 Å². The van der Waals surface area contributed by atoms with Gasteiger partial charge in [0, 0.05) is 12.1 Å². The number of hydrogen-bond acceptors (Lipinski definition) is 6. The van der Waals surface area contributed by atoms with Crippen molar-refractivity contribution in [3.8, 4) is 5.75 Å². The van der Waals surface area contributed by atoms with Crippen LogP contribution in [-0.4, -0.2) is 63.9 Å². The lowest BCUT2D eigenvalue weighted by Gasteiger charge is -2.56. The topological polar surface area (TPSA) is 54.4 Å². The maximum atomic E-state index is 10.7. The maximum absolute atomic E-state index is 10.7. The molecule has 0 radical (unpaired) electrons. The minimum Gasteiger partial charge on any atom is -0.405 e. The Bertz CT molecular complexity index is 781. The third-order valence-electron chi connectivity index (χ3n) is 8.58. The maximum Gasteiger partial charge on any atom is 0.147 e. The summed E-state index contributed by atoms with van der Waals surface area (Å²) in [5, 5.41) is 14.5. The van der Waals surface area contributed by atoms with E-state index in [4.69, 9.17) is 14.3 Å². The van der Waals surface area contributed by atoms with Crippen molar-refractivity contribution in [3.05, 3.63) is 30.3 Å². The smallest absolute Gasteiger partial charge is 0.147 e. The number of hydroxylamine groups is 4. The Morgan fingerprint density at radius 2 is 1.36 bits per heavy atom. The van der Waals surface area contributed by atoms with Gasteiger partial charge in [0.25, 0.3) is 0 Å². The Hall–Kier alpha value is -1.18. The largest absolute Gasteiger partial charge is 0.405 e. The van der Waals surface area contributed by atoms with Gasteiger partial charge in [0.2, 0.25) is 0 Å². The monoisotopic (exact) mass is 504 g/mol. The number of ether oxygens (including phenoxy) is 2. The van der Waals surface area contributed by atoms with Gasteiger partial charge in [-0.2, -0.15) is 5.06 Å². The molecule has 3 rings (SSSR count). The summed E-state index contributed by atoms with van der Waals surface area (Å²) in [5.41, 5.74) is -0.340. The van der Waals surface area contributed by atoms with Crippen LogP contribution in [-0.2, 0) is 9.47 Å². The van der Waals surface area contributed by atoms with Crippen molar-refractivity contribution >= 4 is 0 Å². The molecule has 6 nitrogen and oxygen atoms in total. The number of hydrogen-bond donors (Lipinski definition) is 1. The van der Waals surface area contributed by atoms with Crippen LogP contribution in [0.5, 0.6) is 5.75 Å². The lowest BCUT2D eigenvalue weighted by molar-refractivity contribution is -0.257. The molecule has 2 aliphatic rings. The molecule has 0 bridgehead atoms. The average molecular weight is 505 g/mol. The molecule has 4 atom stereocenters. The van der Waals surface area contributed by atoms with Crippen LogP contribution in [0, 0.1) is 17.8 Å². The second kappa shape index (κ2) is 12.1. The van der Waals surface area contributed by atoms with E-state index in [0.717, 1.165) is 31.4 Å². The summed E-state index contributed by atoms with van der Waals surface area (Å²) in [4.78, 5) is 6.50. The van der Waals surface area contributed by atoms with E-state index in [1.807, 2.05) is 30.3 Å². The highest BCUT2D eigenvalue weighted by Crippen LogP contribution is 2.44. The third kappa shape index (κ3) is 6.82. The standard InChI is InChI=1S/C30H52N2O4/c1-21(2)27-17-25(18-28(22(3)4)31(27)33)34-15-16-35-26-19-29(7,8)32(30(9,20-26)23(5)6)36-24-13-11-10-12-14-24/h10-14,21-23,25-28,33H,15-20H2,1-9H3. The molecular formula is C30H52N2O4. The minimum absolute atomic E-state index is 0.138. The van der Waals surface area contributed by atoms with Crippen LogP contribution in [0.25, 0.3) is 0 Å². The summed E-state index contributed by atoms with van der Waals surface area (Å²) in [6.45, 7) is 21.2. The van der Waals surface area contributed by atoms with Gasteiger partial charge in [-0.05, 0) is 76.3 Å². The van der Waals surface area contributed by atoms with Crippen LogP contribution in [0.15, 0.2) is 30.3 Å². The Balaban J connectivity index is 1.58. The molecule has 206 valence electrons. The number of rotatable bonds is 10. The molecule has 2 aliphatic heterocycles. The van der Waals surface area contributed by atoms with E-state index in [2.05, 4.69) is 67.4 Å². The SMILES string of the molecule is CC(C)C1CC(OCCOC2CC(C)(C)N(Oc3ccccc3)C(C)(C(C)C)C2)CC(C(C)C)N1O. The van der Waals surface area contributed by atoms with Gasteiger partial charge in [0.1, 0.15) is 5.75 Å². The fourth-order valence-corrected chi connectivity index (χ4v) is 6.17. The lowest BCUT2D eigenvalue weighted by Crippen LogP contribution is -2.66. The quantitative estimate of drug-likeness (QED) is 0.364. The van der Waals surface area contributed by atoms with Gasteiger partial charge in [-0.25, -0.2) is 0 Å². The molecule has 1 aromatic carbocycles. The summed E-state index contributed by atoms with van der Waals surface area (Å²) in [5.74, 6) is 2.04. The van der Waals surface area contributed by atoms with Crippen LogP contribution < -0.4 is 4.84 Å². The van der Waals surface area contributed by atoms with Gasteiger partial charge in [0.15, 0.2) is 0 Å². The van der Waals surface area contributed by atoms with Gasteiger partial charge >= 0.3 is 0 Å². The molecule has 1 N–H and O–H groups in total. The molecule has 2 saturated heterocycles. The van der Waals surface area contributed by atoms with E-state index >= 15 is 0 Å². The van der Waals surface area contributed by atoms with E-state index in [9.17, 15) is 5.21 Å². The predicted octanol–water partition coefficient (Wildman–Crippen LogP) is 6.57. The first-order chi connectivity index (χ1) is 16.8. The highest BCUT2D eigenvalue weighted by atomic mass is 16.7. The summed E-state index contributed by atoms with van der Waals surface area (Å²) < 4.78 is 12.8. The Labute approximate surface area is 220 Å². The Kier molecular flexibility index (Phi) is 9.89. The normalized spacial score (nSPS) is 31.9. The van der Waals surface area contributed by atoms with Crippen LogP contribution in [0.3, 0.4) is 0 Å². The predicted molar refractivity (Wildman–Crippen MR) is 145 cm³/mol. The lowest BCUT2D eigenvalue weighted by atomic mass is 9.73. The van der Waals surface area contributed by atoms with Gasteiger partial charge in [-0.1, -0.05) is 59.7 Å². The minimum atomic E-state index is -0.179. The second-order valence-electron chi connectivity index (χ2n) is 12.9. The first-order valence-corrected chi connectivity index (χ1v) is 14.1. The molecule has 0 aliphatic carbocycles. The third-order valence-corrected chi connectivity index (χ3v) is 8.58. The first-order valence-electron chi connectivity index (χ1n) is 14.1. The first kappa shape index (κ1) is 29.4. The van der Waals surface area contributed by atoms with Gasteiger partial charge < -0.3 is 19.5 Å². The van der Waals surface area contributed by atoms with Gasteiger partial charge in [0.05, 0.1) is 36.5 Å². The van der Waals surface area contributed by atoms with E-state index in [1.54, 1.807) is 5.06 Å². The molecule has 0 spiro atoms. The van der Waals surface area contributed by atoms with Crippen LogP contribution >= 0.6 is 0 Å². The Morgan fingerprint density at radius 1 is 0.833 bits per heavy atom. The fourth-order valence-electron chi connectivity index (χ4n) is 6.17. The van der Waals surface area contributed by atoms with Crippen LogP contribution in [0.1, 0.15) is 88.0 Å². The van der Waals surface area contributed by atoms with Crippen LogP contribution in [0.2, 0.25) is 0 Å². The van der Waals surface area contributed by atoms with E-state index in [1.165, 1.54) is 0 Å². The molecule has 4 unspecified atom stereocenters. The fraction of sp³-hybridized carbons (Fsp3) is 0.800. The zero-order chi connectivity index (χ0) is 26.7. The molecule has 1 aromatic rings. The van der Waals surface area contributed by atoms with Gasteiger partial charge in [-0.15, -0.1) is 5.06 Å². The van der Waals surface area contributed by atoms with Crippen molar-refractivity contribution in [1.29, 1.82) is 0 Å². The molecule has 6 heteroatoms. The highest BCUT2D eigenvalue weighted by Gasteiger charge is 2.52. The zero-order valence-corrected chi connectivity index (χ0v) is 24.2. The molecule has 0 aromatic heterocycles. The summed E-state index contributed by atoms with van der Waals surface area (Å²) in [6, 6.07) is 10.4. The number of benzene rings is 1. The average Bonchev–Trinajstić information content (AvgIpc) is 2.80. The Morgan fingerprint density at radius 3 is 1.86 bits per heavy atom.